The van der Waals surface area contributed by atoms with E-state index in [1.807, 2.05) is 0 Å². The predicted molar refractivity (Wildman–Crippen MR) is 72.3 cm³/mol. The first-order valence-corrected chi connectivity index (χ1v) is 8.99. The van der Waals surface area contributed by atoms with Crippen LogP contribution in [0.1, 0.15) is 44.9 Å². The summed E-state index contributed by atoms with van der Waals surface area (Å²) < 4.78 is 23.4. The molecule has 2 rings (SSSR count). The number of aliphatic hydroxyl groups is 1. The van der Waals surface area contributed by atoms with E-state index in [2.05, 4.69) is 5.32 Å². The molecule has 2 N–H and O–H groups in total. The molecule has 0 amide bonds. The minimum atomic E-state index is -2.96. The van der Waals surface area contributed by atoms with Crippen molar-refractivity contribution in [2.45, 2.75) is 55.8 Å². The van der Waals surface area contributed by atoms with Gasteiger partial charge in [-0.3, -0.25) is 0 Å². The SMILES string of the molecule is CS(=O)(=O)C1CCCC(C2(O)CCCNCC2)C1. The Balaban J connectivity index is 2.07. The molecule has 1 saturated heterocycles. The molecule has 2 aliphatic rings. The second-order valence-electron chi connectivity index (χ2n) is 6.02. The number of rotatable bonds is 2. The Kier molecular flexibility index (Phi) is 4.34. The zero-order chi connectivity index (χ0) is 13.2. The molecular weight excluding hydrogens is 250 g/mol. The molecule has 0 bridgehead atoms. The predicted octanol–water partition coefficient (Wildman–Crippen LogP) is 1.09. The van der Waals surface area contributed by atoms with Gasteiger partial charge in [0.1, 0.15) is 9.84 Å². The lowest BCUT2D eigenvalue weighted by Crippen LogP contribution is -2.43. The quantitative estimate of drug-likeness (QED) is 0.792. The third-order valence-electron chi connectivity index (χ3n) is 4.69. The first kappa shape index (κ1) is 14.3. The monoisotopic (exact) mass is 275 g/mol. The summed E-state index contributed by atoms with van der Waals surface area (Å²) in [5.41, 5.74) is -0.646. The Morgan fingerprint density at radius 2 is 1.94 bits per heavy atom. The molecule has 2 fully saturated rings. The van der Waals surface area contributed by atoms with Gasteiger partial charge in [-0.2, -0.15) is 0 Å². The van der Waals surface area contributed by atoms with Crippen molar-refractivity contribution in [2.24, 2.45) is 5.92 Å². The second kappa shape index (κ2) is 5.47. The maximum absolute atomic E-state index is 11.7. The number of nitrogens with one attached hydrogen (secondary N) is 1. The van der Waals surface area contributed by atoms with E-state index in [9.17, 15) is 13.5 Å². The highest BCUT2D eigenvalue weighted by atomic mass is 32.2. The second-order valence-corrected chi connectivity index (χ2v) is 8.35. The van der Waals surface area contributed by atoms with Crippen LogP contribution >= 0.6 is 0 Å². The van der Waals surface area contributed by atoms with Gasteiger partial charge in [-0.05, 0) is 57.5 Å². The van der Waals surface area contributed by atoms with Crippen molar-refractivity contribution in [1.29, 1.82) is 0 Å². The summed E-state index contributed by atoms with van der Waals surface area (Å²) in [5, 5.41) is 13.9. The molecule has 5 heteroatoms. The van der Waals surface area contributed by atoms with E-state index >= 15 is 0 Å². The van der Waals surface area contributed by atoms with E-state index in [1.54, 1.807) is 0 Å². The van der Waals surface area contributed by atoms with Crippen molar-refractivity contribution in [2.75, 3.05) is 19.3 Å². The van der Waals surface area contributed by atoms with Crippen LogP contribution < -0.4 is 5.32 Å². The van der Waals surface area contributed by atoms with Crippen LogP contribution in [0.2, 0.25) is 0 Å². The van der Waals surface area contributed by atoms with Crippen molar-refractivity contribution in [1.82, 2.24) is 5.32 Å². The van der Waals surface area contributed by atoms with Crippen LogP contribution in [0, 0.1) is 5.92 Å². The topological polar surface area (TPSA) is 66.4 Å². The summed E-state index contributed by atoms with van der Waals surface area (Å²) in [6.45, 7) is 1.81. The highest BCUT2D eigenvalue weighted by molar-refractivity contribution is 7.91. The molecule has 0 aromatic rings. The van der Waals surface area contributed by atoms with Crippen molar-refractivity contribution >= 4 is 9.84 Å². The third-order valence-corrected chi connectivity index (χ3v) is 6.33. The van der Waals surface area contributed by atoms with Crippen molar-refractivity contribution in [3.8, 4) is 0 Å². The lowest BCUT2D eigenvalue weighted by atomic mass is 9.73. The van der Waals surface area contributed by atoms with E-state index in [4.69, 9.17) is 0 Å². The molecule has 4 nitrogen and oxygen atoms in total. The summed E-state index contributed by atoms with van der Waals surface area (Å²) in [4.78, 5) is 0. The molecular formula is C13H25NO3S. The van der Waals surface area contributed by atoms with Gasteiger partial charge in [0.15, 0.2) is 0 Å². The average molecular weight is 275 g/mol. The first-order valence-electron chi connectivity index (χ1n) is 7.04. The van der Waals surface area contributed by atoms with Gasteiger partial charge in [-0.25, -0.2) is 8.42 Å². The number of hydrogen-bond acceptors (Lipinski definition) is 4. The molecule has 1 aliphatic heterocycles. The summed E-state index contributed by atoms with van der Waals surface area (Å²) in [6.07, 6.45) is 7.20. The van der Waals surface area contributed by atoms with Gasteiger partial charge in [-0.15, -0.1) is 0 Å². The summed E-state index contributed by atoms with van der Waals surface area (Å²) in [6, 6.07) is 0. The fraction of sp³-hybridized carbons (Fsp3) is 1.00. The normalized spacial score (nSPS) is 39.2. The van der Waals surface area contributed by atoms with Crippen molar-refractivity contribution in [3.63, 3.8) is 0 Å². The van der Waals surface area contributed by atoms with Crippen LogP contribution in [0.4, 0.5) is 0 Å². The zero-order valence-corrected chi connectivity index (χ0v) is 12.0. The fourth-order valence-corrected chi connectivity index (χ4v) is 4.68. The third kappa shape index (κ3) is 3.25. The van der Waals surface area contributed by atoms with E-state index in [0.717, 1.165) is 51.6 Å². The molecule has 0 aromatic heterocycles. The van der Waals surface area contributed by atoms with Crippen LogP contribution in [-0.4, -0.2) is 43.7 Å². The molecule has 3 unspecified atom stereocenters. The number of sulfone groups is 1. The van der Waals surface area contributed by atoms with Crippen LogP contribution in [0.3, 0.4) is 0 Å². The Bertz CT molecular complexity index is 372. The van der Waals surface area contributed by atoms with Crippen LogP contribution in [0.5, 0.6) is 0 Å². The molecule has 106 valence electrons. The summed E-state index contributed by atoms with van der Waals surface area (Å²) >= 11 is 0. The number of hydrogen-bond donors (Lipinski definition) is 2. The zero-order valence-electron chi connectivity index (χ0n) is 11.2. The molecule has 1 saturated carbocycles. The minimum absolute atomic E-state index is 0.158. The molecule has 0 spiro atoms. The molecule has 1 aliphatic carbocycles. The molecule has 3 atom stereocenters. The van der Waals surface area contributed by atoms with E-state index in [1.165, 1.54) is 6.26 Å². The first-order chi connectivity index (χ1) is 8.42. The van der Waals surface area contributed by atoms with Crippen LogP contribution in [-0.2, 0) is 9.84 Å². The Labute approximate surface area is 110 Å². The van der Waals surface area contributed by atoms with Gasteiger partial charge >= 0.3 is 0 Å². The smallest absolute Gasteiger partial charge is 0.150 e. The lowest BCUT2D eigenvalue weighted by molar-refractivity contribution is -0.0420. The maximum atomic E-state index is 11.7. The Hall–Kier alpha value is -0.130. The Morgan fingerprint density at radius 3 is 2.67 bits per heavy atom. The molecule has 1 heterocycles. The van der Waals surface area contributed by atoms with Gasteiger partial charge in [0, 0.05) is 6.26 Å². The summed E-state index contributed by atoms with van der Waals surface area (Å²) in [5.74, 6) is 0.158. The van der Waals surface area contributed by atoms with Crippen LogP contribution in [0.15, 0.2) is 0 Å². The van der Waals surface area contributed by atoms with E-state index < -0.39 is 15.4 Å². The summed E-state index contributed by atoms with van der Waals surface area (Å²) in [7, 11) is -2.96. The highest BCUT2D eigenvalue weighted by Gasteiger charge is 2.41. The van der Waals surface area contributed by atoms with Gasteiger partial charge in [0.2, 0.25) is 0 Å². The standard InChI is InChI=1S/C13H25NO3S/c1-18(16,17)12-5-2-4-11(10-12)13(15)6-3-8-14-9-7-13/h11-12,14-15H,2-10H2,1H3. The molecule has 0 radical (unpaired) electrons. The van der Waals surface area contributed by atoms with Gasteiger partial charge < -0.3 is 10.4 Å². The maximum Gasteiger partial charge on any atom is 0.150 e. The van der Waals surface area contributed by atoms with Gasteiger partial charge in [-0.1, -0.05) is 6.42 Å². The van der Waals surface area contributed by atoms with Gasteiger partial charge in [0.25, 0.3) is 0 Å². The molecule has 0 aromatic carbocycles. The lowest BCUT2D eigenvalue weighted by Gasteiger charge is -2.40. The average Bonchev–Trinajstić information content (AvgIpc) is 2.54. The van der Waals surface area contributed by atoms with E-state index in [0.29, 0.717) is 6.42 Å². The Morgan fingerprint density at radius 1 is 1.17 bits per heavy atom. The fourth-order valence-electron chi connectivity index (χ4n) is 3.50. The van der Waals surface area contributed by atoms with Crippen molar-refractivity contribution < 1.29 is 13.5 Å². The minimum Gasteiger partial charge on any atom is -0.390 e. The van der Waals surface area contributed by atoms with Crippen molar-refractivity contribution in [3.05, 3.63) is 0 Å². The molecule has 18 heavy (non-hydrogen) atoms. The van der Waals surface area contributed by atoms with Gasteiger partial charge in [0.05, 0.1) is 10.9 Å². The highest BCUT2D eigenvalue weighted by Crippen LogP contribution is 2.39. The largest absolute Gasteiger partial charge is 0.390 e. The van der Waals surface area contributed by atoms with E-state index in [-0.39, 0.29) is 11.2 Å². The van der Waals surface area contributed by atoms with Crippen LogP contribution in [0.25, 0.3) is 0 Å².